The number of rotatable bonds is 12. The van der Waals surface area contributed by atoms with Crippen LogP contribution in [0.25, 0.3) is 0 Å². The monoisotopic (exact) mass is 414 g/mol. The Morgan fingerprint density at radius 1 is 0.733 bits per heavy atom. The van der Waals surface area contributed by atoms with Crippen LogP contribution >= 0.6 is 0 Å². The predicted molar refractivity (Wildman–Crippen MR) is 146 cm³/mol. The topological polar surface area (TPSA) is 0 Å². The molecule has 0 heterocycles. The summed E-state index contributed by atoms with van der Waals surface area (Å²) in [5, 5.41) is 0. The molecule has 0 unspecified atom stereocenters. The highest BCUT2D eigenvalue weighted by atomic mass is 14.1. The summed E-state index contributed by atoms with van der Waals surface area (Å²) in [6.45, 7) is 30.0. The Bertz CT molecular complexity index is 364. The van der Waals surface area contributed by atoms with Gasteiger partial charge in [0.1, 0.15) is 0 Å². The van der Waals surface area contributed by atoms with Crippen molar-refractivity contribution in [1.29, 1.82) is 0 Å². The van der Waals surface area contributed by atoms with Gasteiger partial charge in [-0.3, -0.25) is 0 Å². The van der Waals surface area contributed by atoms with E-state index in [-0.39, 0.29) is 0 Å². The smallest absolute Gasteiger partial charge is 0.0175 e. The van der Waals surface area contributed by atoms with Crippen LogP contribution < -0.4 is 0 Å². The second-order valence-electron chi connectivity index (χ2n) is 6.86. The molecule has 30 heavy (non-hydrogen) atoms. The van der Waals surface area contributed by atoms with Gasteiger partial charge in [-0.2, -0.15) is 0 Å². The van der Waals surface area contributed by atoms with E-state index in [1.54, 1.807) is 0 Å². The lowest BCUT2D eigenvalue weighted by atomic mass is 9.99. The summed E-state index contributed by atoms with van der Waals surface area (Å²) >= 11 is 0. The van der Waals surface area contributed by atoms with Crippen molar-refractivity contribution in [1.82, 2.24) is 0 Å². The Labute approximate surface area is 192 Å². The van der Waals surface area contributed by atoms with Crippen molar-refractivity contribution < 1.29 is 0 Å². The van der Waals surface area contributed by atoms with Gasteiger partial charge in [0.2, 0.25) is 0 Å². The van der Waals surface area contributed by atoms with Crippen LogP contribution in [-0.4, -0.2) is 0 Å². The van der Waals surface area contributed by atoms with E-state index in [0.717, 1.165) is 43.9 Å². The molecule has 0 fully saturated rings. The van der Waals surface area contributed by atoms with Crippen LogP contribution in [0.1, 0.15) is 91.9 Å². The maximum atomic E-state index is 3.70. The van der Waals surface area contributed by atoms with Gasteiger partial charge in [-0.1, -0.05) is 89.1 Å². The van der Waals surface area contributed by atoms with Crippen molar-refractivity contribution in [3.63, 3.8) is 0 Å². The lowest BCUT2D eigenvalue weighted by molar-refractivity contribution is 0.525. The van der Waals surface area contributed by atoms with Gasteiger partial charge < -0.3 is 0 Å². The largest absolute Gasteiger partial charge is 0.103 e. The van der Waals surface area contributed by atoms with Crippen molar-refractivity contribution in [2.45, 2.75) is 91.9 Å². The molecular formula is C30H54. The minimum atomic E-state index is 0.778. The molecule has 0 spiro atoms. The normalized spacial score (nSPS) is 11.0. The molecule has 174 valence electrons. The second-order valence-corrected chi connectivity index (χ2v) is 6.86. The first kappa shape index (κ1) is 35.6. The van der Waals surface area contributed by atoms with E-state index in [4.69, 9.17) is 0 Å². The molecule has 0 aromatic carbocycles. The summed E-state index contributed by atoms with van der Waals surface area (Å²) in [6, 6.07) is 0. The van der Waals surface area contributed by atoms with Crippen LogP contribution in [0.4, 0.5) is 0 Å². The third kappa shape index (κ3) is 37.0. The van der Waals surface area contributed by atoms with E-state index in [9.17, 15) is 0 Å². The number of hydrogen-bond acceptors (Lipinski definition) is 0. The maximum absolute atomic E-state index is 3.70. The fourth-order valence-electron chi connectivity index (χ4n) is 2.43. The molecule has 1 rings (SSSR count). The summed E-state index contributed by atoms with van der Waals surface area (Å²) in [5.74, 6) is 1.76. The fraction of sp³-hybridized carbons (Fsp3) is 0.533. The Kier molecular flexibility index (Phi) is 44.9. The Hall–Kier alpha value is -1.82. The van der Waals surface area contributed by atoms with Crippen LogP contribution in [0.15, 0.2) is 88.1 Å². The third-order valence-corrected chi connectivity index (χ3v) is 4.41. The Morgan fingerprint density at radius 3 is 1.37 bits per heavy atom. The predicted octanol–water partition coefficient (Wildman–Crippen LogP) is 10.8. The average molecular weight is 415 g/mol. The molecule has 1 aliphatic carbocycles. The molecule has 0 aromatic rings. The average Bonchev–Trinajstić information content (AvgIpc) is 3.31. The summed E-state index contributed by atoms with van der Waals surface area (Å²) in [4.78, 5) is 0. The van der Waals surface area contributed by atoms with E-state index in [2.05, 4.69) is 65.5 Å². The fourth-order valence-corrected chi connectivity index (χ4v) is 2.43. The zero-order valence-corrected chi connectivity index (χ0v) is 21.1. The SMILES string of the molecule is C=CCC(CC)CC=C.C=CCC=C.C=CCCCC=C.CC.CCC1CC=CC1. The third-order valence-electron chi connectivity index (χ3n) is 4.41. The van der Waals surface area contributed by atoms with Crippen LogP contribution in [0.2, 0.25) is 0 Å². The van der Waals surface area contributed by atoms with Gasteiger partial charge in [-0.25, -0.2) is 0 Å². The zero-order valence-electron chi connectivity index (χ0n) is 21.1. The Balaban J connectivity index is -0.000000148. The zero-order chi connectivity index (χ0) is 23.9. The summed E-state index contributed by atoms with van der Waals surface area (Å²) in [5.41, 5.74) is 0. The first-order valence-corrected chi connectivity index (χ1v) is 11.9. The van der Waals surface area contributed by atoms with Gasteiger partial charge in [0.25, 0.3) is 0 Å². The van der Waals surface area contributed by atoms with Crippen LogP contribution in [0, 0.1) is 11.8 Å². The number of hydrogen-bond donors (Lipinski definition) is 0. The first-order valence-electron chi connectivity index (χ1n) is 11.9. The molecule has 0 aromatic heterocycles. The lowest BCUT2D eigenvalue weighted by Crippen LogP contribution is -1.93. The molecule has 0 atom stereocenters. The highest BCUT2D eigenvalue weighted by Crippen LogP contribution is 2.19. The number of unbranched alkanes of at least 4 members (excludes halogenated alkanes) is 2. The quantitative estimate of drug-likeness (QED) is 0.220. The lowest BCUT2D eigenvalue weighted by Gasteiger charge is -2.07. The maximum Gasteiger partial charge on any atom is -0.0175 e. The molecule has 0 heteroatoms. The number of allylic oxidation sites excluding steroid dienone is 8. The molecule has 0 saturated carbocycles. The van der Waals surface area contributed by atoms with Crippen molar-refractivity contribution in [3.8, 4) is 0 Å². The molecule has 0 N–H and O–H groups in total. The van der Waals surface area contributed by atoms with Crippen molar-refractivity contribution in [2.75, 3.05) is 0 Å². The molecule has 0 nitrogen and oxygen atoms in total. The molecule has 0 saturated heterocycles. The van der Waals surface area contributed by atoms with Gasteiger partial charge >= 0.3 is 0 Å². The van der Waals surface area contributed by atoms with Crippen LogP contribution in [0.3, 0.4) is 0 Å². The first-order chi connectivity index (χ1) is 14.6. The molecular weight excluding hydrogens is 360 g/mol. The van der Waals surface area contributed by atoms with E-state index >= 15 is 0 Å². The summed E-state index contributed by atoms with van der Waals surface area (Å²) < 4.78 is 0. The van der Waals surface area contributed by atoms with Gasteiger partial charge in [0.15, 0.2) is 0 Å². The van der Waals surface area contributed by atoms with E-state index in [1.807, 2.05) is 50.3 Å². The van der Waals surface area contributed by atoms with Crippen molar-refractivity contribution in [2.24, 2.45) is 11.8 Å². The second kappa shape index (κ2) is 37.9. The van der Waals surface area contributed by atoms with E-state index in [0.29, 0.717) is 0 Å². The van der Waals surface area contributed by atoms with Gasteiger partial charge in [0, 0.05) is 0 Å². The van der Waals surface area contributed by atoms with Gasteiger partial charge in [-0.15, -0.1) is 39.5 Å². The van der Waals surface area contributed by atoms with Crippen molar-refractivity contribution >= 4 is 0 Å². The summed E-state index contributed by atoms with van der Waals surface area (Å²) in [6.07, 6.45) is 27.9. The molecule has 1 aliphatic rings. The van der Waals surface area contributed by atoms with Crippen LogP contribution in [0.5, 0.6) is 0 Å². The van der Waals surface area contributed by atoms with Crippen LogP contribution in [-0.2, 0) is 0 Å². The van der Waals surface area contributed by atoms with E-state index in [1.165, 1.54) is 32.1 Å². The summed E-state index contributed by atoms with van der Waals surface area (Å²) in [7, 11) is 0. The van der Waals surface area contributed by atoms with Gasteiger partial charge in [-0.05, 0) is 63.2 Å². The highest BCUT2D eigenvalue weighted by Gasteiger charge is 2.05. The Morgan fingerprint density at radius 2 is 1.17 bits per heavy atom. The molecule has 0 radical (unpaired) electrons. The minimum absolute atomic E-state index is 0.778. The molecule has 0 bridgehead atoms. The standard InChI is InChI=1S/C9H16.2C7H12.C5H8.C2H6/c1-4-7-9(6-3)8-5-2;1-2-7-5-3-4-6-7;1-3-5-7-6-4-2;1-3-5-4-2;1-2/h4-5,9H,1-2,6-8H2,3H3;3-4,7H,2,5-6H2,1H3;3-4H,1-2,5-7H2;3-4H,1-2,5H2;1-2H3. The van der Waals surface area contributed by atoms with Crippen molar-refractivity contribution in [3.05, 3.63) is 88.1 Å². The minimum Gasteiger partial charge on any atom is -0.103 e. The van der Waals surface area contributed by atoms with E-state index < -0.39 is 0 Å². The molecule has 0 aliphatic heterocycles. The molecule has 0 amide bonds. The highest BCUT2D eigenvalue weighted by molar-refractivity contribution is 4.93. The van der Waals surface area contributed by atoms with Gasteiger partial charge in [0.05, 0.1) is 0 Å².